The maximum absolute atomic E-state index is 7.50. The van der Waals surface area contributed by atoms with Crippen molar-refractivity contribution in [3.8, 4) is 11.5 Å². The Hall–Kier alpha value is -1.71. The predicted molar refractivity (Wildman–Crippen MR) is 62.3 cm³/mol. The van der Waals surface area contributed by atoms with Crippen molar-refractivity contribution >= 4 is 5.84 Å². The molecule has 1 aromatic carbocycles. The summed E-state index contributed by atoms with van der Waals surface area (Å²) in [7, 11) is 0. The Kier molecular flexibility index (Phi) is 3.29. The van der Waals surface area contributed by atoms with Crippen molar-refractivity contribution in [2.75, 3.05) is 13.2 Å². The topological polar surface area (TPSA) is 68.3 Å². The van der Waals surface area contributed by atoms with E-state index >= 15 is 0 Å². The van der Waals surface area contributed by atoms with Crippen LogP contribution in [0.3, 0.4) is 0 Å². The van der Waals surface area contributed by atoms with Crippen molar-refractivity contribution in [3.05, 3.63) is 23.8 Å². The Labute approximate surface area is 94.9 Å². The molecule has 1 heterocycles. The number of fused-ring (bicyclic) bond motifs is 1. The lowest BCUT2D eigenvalue weighted by atomic mass is 10.1. The molecule has 0 aromatic heterocycles. The van der Waals surface area contributed by atoms with Crippen molar-refractivity contribution in [2.24, 2.45) is 5.73 Å². The minimum atomic E-state index is 0.0136. The summed E-state index contributed by atoms with van der Waals surface area (Å²) in [5, 5.41) is 7.50. The summed E-state index contributed by atoms with van der Waals surface area (Å²) in [6.07, 6.45) is 3.14. The fraction of sp³-hybridized carbons (Fsp3) is 0.417. The molecule has 0 aliphatic carbocycles. The number of hydrogen-bond acceptors (Lipinski definition) is 3. The predicted octanol–water partition coefficient (Wildman–Crippen LogP) is 1.91. The molecule has 3 N–H and O–H groups in total. The summed E-state index contributed by atoms with van der Waals surface area (Å²) in [4.78, 5) is 0. The maximum atomic E-state index is 7.50. The summed E-state index contributed by atoms with van der Waals surface area (Å²) in [5.41, 5.74) is 6.13. The van der Waals surface area contributed by atoms with Gasteiger partial charge in [0, 0.05) is 0 Å². The number of benzene rings is 1. The number of rotatable bonds is 1. The van der Waals surface area contributed by atoms with E-state index < -0.39 is 0 Å². The SMILES string of the molecule is N=C(N)c1cccc2c1OCCCCCO2. The number of ether oxygens (including phenoxy) is 2. The standard InChI is InChI=1S/C12H16N2O2/c13-12(14)9-5-4-6-10-11(9)16-8-3-1-2-7-15-10/h4-6H,1-3,7-8H2,(H3,13,14). The number of para-hydroxylation sites is 1. The molecule has 0 saturated carbocycles. The normalized spacial score (nSPS) is 15.8. The molecular weight excluding hydrogens is 204 g/mol. The molecule has 2 rings (SSSR count). The van der Waals surface area contributed by atoms with Crippen molar-refractivity contribution in [2.45, 2.75) is 19.3 Å². The van der Waals surface area contributed by atoms with Crippen LogP contribution in [0, 0.1) is 5.41 Å². The van der Waals surface area contributed by atoms with Crippen LogP contribution in [0.15, 0.2) is 18.2 Å². The monoisotopic (exact) mass is 220 g/mol. The molecule has 1 aliphatic rings. The van der Waals surface area contributed by atoms with E-state index in [9.17, 15) is 0 Å². The zero-order chi connectivity index (χ0) is 11.4. The molecule has 0 atom stereocenters. The van der Waals surface area contributed by atoms with Gasteiger partial charge in [-0.3, -0.25) is 5.41 Å². The van der Waals surface area contributed by atoms with Gasteiger partial charge in [-0.15, -0.1) is 0 Å². The van der Waals surface area contributed by atoms with E-state index in [1.54, 1.807) is 6.07 Å². The van der Waals surface area contributed by atoms with Crippen LogP contribution < -0.4 is 15.2 Å². The van der Waals surface area contributed by atoms with Crippen molar-refractivity contribution in [1.29, 1.82) is 5.41 Å². The molecule has 16 heavy (non-hydrogen) atoms. The van der Waals surface area contributed by atoms with Crippen molar-refractivity contribution in [1.82, 2.24) is 0 Å². The zero-order valence-electron chi connectivity index (χ0n) is 9.16. The Morgan fingerprint density at radius 3 is 2.62 bits per heavy atom. The van der Waals surface area contributed by atoms with Crippen LogP contribution >= 0.6 is 0 Å². The summed E-state index contributed by atoms with van der Waals surface area (Å²) >= 11 is 0. The first-order valence-corrected chi connectivity index (χ1v) is 5.52. The minimum Gasteiger partial charge on any atom is -0.490 e. The summed E-state index contributed by atoms with van der Waals surface area (Å²) in [6.45, 7) is 1.35. The van der Waals surface area contributed by atoms with Gasteiger partial charge in [0.15, 0.2) is 11.5 Å². The molecule has 4 nitrogen and oxygen atoms in total. The van der Waals surface area contributed by atoms with Gasteiger partial charge >= 0.3 is 0 Å². The highest BCUT2D eigenvalue weighted by molar-refractivity contribution is 5.98. The third-order valence-corrected chi connectivity index (χ3v) is 2.56. The molecule has 0 radical (unpaired) electrons. The number of nitrogen functional groups attached to an aromatic ring is 1. The Balaban J connectivity index is 2.36. The molecule has 1 aromatic rings. The fourth-order valence-corrected chi connectivity index (χ4v) is 1.73. The number of hydrogen-bond donors (Lipinski definition) is 2. The highest BCUT2D eigenvalue weighted by Gasteiger charge is 2.14. The van der Waals surface area contributed by atoms with Crippen LogP contribution in [0.4, 0.5) is 0 Å². The molecule has 0 amide bonds. The van der Waals surface area contributed by atoms with Gasteiger partial charge in [-0.05, 0) is 31.4 Å². The Morgan fingerprint density at radius 2 is 1.88 bits per heavy atom. The van der Waals surface area contributed by atoms with Crippen LogP contribution in [-0.4, -0.2) is 19.0 Å². The molecule has 0 spiro atoms. The molecule has 0 fully saturated rings. The van der Waals surface area contributed by atoms with E-state index in [1.165, 1.54) is 0 Å². The van der Waals surface area contributed by atoms with Crippen LogP contribution in [0.2, 0.25) is 0 Å². The fourth-order valence-electron chi connectivity index (χ4n) is 1.73. The Morgan fingerprint density at radius 1 is 1.12 bits per heavy atom. The van der Waals surface area contributed by atoms with Gasteiger partial charge in [-0.1, -0.05) is 6.07 Å². The zero-order valence-corrected chi connectivity index (χ0v) is 9.16. The van der Waals surface area contributed by atoms with Crippen molar-refractivity contribution in [3.63, 3.8) is 0 Å². The lowest BCUT2D eigenvalue weighted by Crippen LogP contribution is -2.14. The minimum absolute atomic E-state index is 0.0136. The highest BCUT2D eigenvalue weighted by atomic mass is 16.5. The second-order valence-electron chi connectivity index (χ2n) is 3.80. The molecular formula is C12H16N2O2. The first-order valence-electron chi connectivity index (χ1n) is 5.52. The van der Waals surface area contributed by atoms with Gasteiger partial charge < -0.3 is 15.2 Å². The van der Waals surface area contributed by atoms with E-state index in [0.717, 1.165) is 19.3 Å². The van der Waals surface area contributed by atoms with E-state index in [-0.39, 0.29) is 5.84 Å². The highest BCUT2D eigenvalue weighted by Crippen LogP contribution is 2.32. The molecule has 86 valence electrons. The third-order valence-electron chi connectivity index (χ3n) is 2.56. The third kappa shape index (κ3) is 2.27. The van der Waals surface area contributed by atoms with Gasteiger partial charge in [-0.2, -0.15) is 0 Å². The maximum Gasteiger partial charge on any atom is 0.172 e. The quantitative estimate of drug-likeness (QED) is 0.561. The van der Waals surface area contributed by atoms with Gasteiger partial charge in [0.05, 0.1) is 18.8 Å². The number of nitrogens with two attached hydrogens (primary N) is 1. The first kappa shape index (κ1) is 10.8. The van der Waals surface area contributed by atoms with Gasteiger partial charge in [-0.25, -0.2) is 0 Å². The van der Waals surface area contributed by atoms with Crippen LogP contribution in [0.25, 0.3) is 0 Å². The lowest BCUT2D eigenvalue weighted by molar-refractivity contribution is 0.287. The summed E-state index contributed by atoms with van der Waals surface area (Å²) in [6, 6.07) is 5.46. The largest absolute Gasteiger partial charge is 0.490 e. The van der Waals surface area contributed by atoms with Crippen LogP contribution in [0.1, 0.15) is 24.8 Å². The summed E-state index contributed by atoms with van der Waals surface area (Å²) < 4.78 is 11.3. The lowest BCUT2D eigenvalue weighted by Gasteiger charge is -2.13. The number of nitrogens with one attached hydrogen (secondary N) is 1. The van der Waals surface area contributed by atoms with Crippen LogP contribution in [0.5, 0.6) is 11.5 Å². The van der Waals surface area contributed by atoms with Gasteiger partial charge in [0.1, 0.15) is 5.84 Å². The molecule has 1 aliphatic heterocycles. The van der Waals surface area contributed by atoms with E-state index in [1.807, 2.05) is 12.1 Å². The van der Waals surface area contributed by atoms with Crippen molar-refractivity contribution < 1.29 is 9.47 Å². The molecule has 0 unspecified atom stereocenters. The van der Waals surface area contributed by atoms with E-state index in [0.29, 0.717) is 30.3 Å². The molecule has 4 heteroatoms. The van der Waals surface area contributed by atoms with Crippen LogP contribution in [-0.2, 0) is 0 Å². The second-order valence-corrected chi connectivity index (χ2v) is 3.80. The average Bonchev–Trinajstić information content (AvgIpc) is 2.39. The molecule has 0 saturated heterocycles. The summed E-state index contributed by atoms with van der Waals surface area (Å²) in [5.74, 6) is 1.31. The number of amidine groups is 1. The van der Waals surface area contributed by atoms with Gasteiger partial charge in [0.2, 0.25) is 0 Å². The van der Waals surface area contributed by atoms with E-state index in [4.69, 9.17) is 20.6 Å². The first-order chi connectivity index (χ1) is 7.79. The Bertz CT molecular complexity index is 391. The second kappa shape index (κ2) is 4.88. The average molecular weight is 220 g/mol. The van der Waals surface area contributed by atoms with Gasteiger partial charge in [0.25, 0.3) is 0 Å². The molecule has 0 bridgehead atoms. The van der Waals surface area contributed by atoms with E-state index in [2.05, 4.69) is 0 Å². The smallest absolute Gasteiger partial charge is 0.172 e.